The highest BCUT2D eigenvalue weighted by Crippen LogP contribution is 2.23. The Morgan fingerprint density at radius 1 is 1.37 bits per heavy atom. The molecule has 0 spiro atoms. The van der Waals surface area contributed by atoms with Gasteiger partial charge in [0.1, 0.15) is 5.82 Å². The zero-order valence-corrected chi connectivity index (χ0v) is 15.7. The monoisotopic (exact) mass is 364 g/mol. The van der Waals surface area contributed by atoms with Crippen molar-refractivity contribution in [1.82, 2.24) is 15.3 Å². The number of nitrogens with one attached hydrogen (secondary N) is 2. The second-order valence-electron chi connectivity index (χ2n) is 6.74. The first-order valence-corrected chi connectivity index (χ1v) is 9.24. The minimum absolute atomic E-state index is 0.00376. The lowest BCUT2D eigenvalue weighted by molar-refractivity contribution is -0.119. The highest BCUT2D eigenvalue weighted by Gasteiger charge is 2.24. The van der Waals surface area contributed by atoms with Gasteiger partial charge in [0.25, 0.3) is 0 Å². The summed E-state index contributed by atoms with van der Waals surface area (Å²) in [5.74, 6) is 1.38. The van der Waals surface area contributed by atoms with Gasteiger partial charge in [0.15, 0.2) is 0 Å². The van der Waals surface area contributed by atoms with Crippen molar-refractivity contribution in [2.24, 2.45) is 0 Å². The van der Waals surface area contributed by atoms with Crippen molar-refractivity contribution in [3.05, 3.63) is 41.6 Å². The highest BCUT2D eigenvalue weighted by molar-refractivity contribution is 5.73. The maximum Gasteiger partial charge on any atom is 0.229 e. The molecule has 1 amide bonds. The molecule has 1 unspecified atom stereocenters. The van der Waals surface area contributed by atoms with E-state index in [2.05, 4.69) is 38.5 Å². The van der Waals surface area contributed by atoms with Gasteiger partial charge in [-0.1, -0.05) is 19.4 Å². The Bertz CT molecular complexity index is 860. The Morgan fingerprint density at radius 3 is 2.96 bits per heavy atom. The van der Waals surface area contributed by atoms with Gasteiger partial charge in [-0.2, -0.15) is 10.2 Å². The molecule has 1 saturated heterocycles. The normalized spacial score (nSPS) is 16.0. The molecule has 3 rings (SSSR count). The molecular weight excluding hydrogens is 340 g/mol. The number of anilines is 3. The molecule has 1 atom stereocenters. The molecule has 1 aliphatic heterocycles. The van der Waals surface area contributed by atoms with E-state index in [1.54, 1.807) is 19.1 Å². The van der Waals surface area contributed by atoms with E-state index in [-0.39, 0.29) is 11.9 Å². The summed E-state index contributed by atoms with van der Waals surface area (Å²) in [4.78, 5) is 22.8. The van der Waals surface area contributed by atoms with E-state index >= 15 is 0 Å². The predicted octanol–water partition coefficient (Wildman–Crippen LogP) is 2.76. The molecule has 2 N–H and O–H groups in total. The SMILES string of the molecule is CCCc1cc(N2CCC(NC(C)=O)C2)nc(Nc2cccc(C#N)c2)n1. The minimum atomic E-state index is -0.00376. The molecule has 1 aliphatic rings. The maximum atomic E-state index is 11.3. The molecule has 2 heterocycles. The fraction of sp³-hybridized carbons (Fsp3) is 0.400. The Hall–Kier alpha value is -3.14. The predicted molar refractivity (Wildman–Crippen MR) is 105 cm³/mol. The zero-order valence-electron chi connectivity index (χ0n) is 15.7. The summed E-state index contributed by atoms with van der Waals surface area (Å²) in [5, 5.41) is 15.3. The smallest absolute Gasteiger partial charge is 0.229 e. The van der Waals surface area contributed by atoms with Gasteiger partial charge in [0, 0.05) is 43.5 Å². The van der Waals surface area contributed by atoms with E-state index in [1.807, 2.05) is 18.2 Å². The summed E-state index contributed by atoms with van der Waals surface area (Å²) >= 11 is 0. The highest BCUT2D eigenvalue weighted by atomic mass is 16.1. The number of hydrogen-bond acceptors (Lipinski definition) is 6. The third-order valence-corrected chi connectivity index (χ3v) is 4.44. The summed E-state index contributed by atoms with van der Waals surface area (Å²) < 4.78 is 0. The van der Waals surface area contributed by atoms with Crippen molar-refractivity contribution in [2.75, 3.05) is 23.3 Å². The van der Waals surface area contributed by atoms with Crippen LogP contribution in [0.1, 0.15) is 37.9 Å². The van der Waals surface area contributed by atoms with Crippen LogP contribution in [0.5, 0.6) is 0 Å². The van der Waals surface area contributed by atoms with Crippen LogP contribution in [0.4, 0.5) is 17.5 Å². The number of benzene rings is 1. The lowest BCUT2D eigenvalue weighted by Gasteiger charge is -2.19. The first-order valence-electron chi connectivity index (χ1n) is 9.24. The average Bonchev–Trinajstić information content (AvgIpc) is 3.10. The molecule has 27 heavy (non-hydrogen) atoms. The van der Waals surface area contributed by atoms with Gasteiger partial charge in [0.05, 0.1) is 11.6 Å². The first-order chi connectivity index (χ1) is 13.1. The van der Waals surface area contributed by atoms with Crippen molar-refractivity contribution in [2.45, 2.75) is 39.2 Å². The van der Waals surface area contributed by atoms with Crippen molar-refractivity contribution in [1.29, 1.82) is 5.26 Å². The van der Waals surface area contributed by atoms with Gasteiger partial charge in [-0.15, -0.1) is 0 Å². The number of carbonyl (C=O) groups is 1. The number of nitrogens with zero attached hydrogens (tertiary/aromatic N) is 4. The van der Waals surface area contributed by atoms with E-state index in [9.17, 15) is 4.79 Å². The Balaban J connectivity index is 1.82. The number of amides is 1. The number of hydrogen-bond donors (Lipinski definition) is 2. The van der Waals surface area contributed by atoms with Crippen LogP contribution >= 0.6 is 0 Å². The molecule has 0 radical (unpaired) electrons. The van der Waals surface area contributed by atoms with Gasteiger partial charge in [-0.25, -0.2) is 4.98 Å². The molecule has 0 bridgehead atoms. The third kappa shape index (κ3) is 4.94. The van der Waals surface area contributed by atoms with Crippen LogP contribution in [0.3, 0.4) is 0 Å². The summed E-state index contributed by atoms with van der Waals surface area (Å²) in [6.45, 7) is 5.25. The number of aryl methyl sites for hydroxylation is 1. The maximum absolute atomic E-state index is 11.3. The molecule has 1 fully saturated rings. The number of aromatic nitrogens is 2. The van der Waals surface area contributed by atoms with Crippen molar-refractivity contribution in [3.63, 3.8) is 0 Å². The van der Waals surface area contributed by atoms with E-state index in [0.29, 0.717) is 11.5 Å². The van der Waals surface area contributed by atoms with Crippen LogP contribution in [0.15, 0.2) is 30.3 Å². The number of carbonyl (C=O) groups excluding carboxylic acids is 1. The molecule has 2 aromatic rings. The van der Waals surface area contributed by atoms with Crippen LogP contribution in [0, 0.1) is 11.3 Å². The van der Waals surface area contributed by atoms with E-state index in [0.717, 1.165) is 49.6 Å². The van der Waals surface area contributed by atoms with Gasteiger partial charge < -0.3 is 15.5 Å². The second kappa shape index (κ2) is 8.49. The first kappa shape index (κ1) is 18.6. The van der Waals surface area contributed by atoms with Crippen molar-refractivity contribution >= 4 is 23.4 Å². The van der Waals surface area contributed by atoms with Crippen molar-refractivity contribution in [3.8, 4) is 6.07 Å². The van der Waals surface area contributed by atoms with Crippen molar-refractivity contribution < 1.29 is 4.79 Å². The molecular formula is C20H24N6O. The second-order valence-corrected chi connectivity index (χ2v) is 6.74. The fourth-order valence-corrected chi connectivity index (χ4v) is 3.25. The minimum Gasteiger partial charge on any atom is -0.354 e. The van der Waals surface area contributed by atoms with E-state index < -0.39 is 0 Å². The van der Waals surface area contributed by atoms with Gasteiger partial charge in [-0.3, -0.25) is 4.79 Å². The van der Waals surface area contributed by atoms with Crippen LogP contribution < -0.4 is 15.5 Å². The molecule has 140 valence electrons. The van der Waals surface area contributed by atoms with Crippen LogP contribution in [-0.2, 0) is 11.2 Å². The molecule has 0 saturated carbocycles. The lowest BCUT2D eigenvalue weighted by atomic mass is 10.2. The topological polar surface area (TPSA) is 93.9 Å². The zero-order chi connectivity index (χ0) is 19.2. The number of rotatable bonds is 6. The lowest BCUT2D eigenvalue weighted by Crippen LogP contribution is -2.35. The summed E-state index contributed by atoms with van der Waals surface area (Å²) in [6.07, 6.45) is 2.76. The summed E-state index contributed by atoms with van der Waals surface area (Å²) in [5.41, 5.74) is 2.35. The van der Waals surface area contributed by atoms with Crippen LogP contribution in [0.25, 0.3) is 0 Å². The quantitative estimate of drug-likeness (QED) is 0.818. The Labute approximate surface area is 159 Å². The Kier molecular flexibility index (Phi) is 5.87. The average molecular weight is 364 g/mol. The number of nitriles is 1. The van der Waals surface area contributed by atoms with Crippen LogP contribution in [-0.4, -0.2) is 35.0 Å². The molecule has 1 aromatic heterocycles. The molecule has 1 aromatic carbocycles. The van der Waals surface area contributed by atoms with Gasteiger partial charge in [-0.05, 0) is 31.0 Å². The van der Waals surface area contributed by atoms with Gasteiger partial charge in [0.2, 0.25) is 11.9 Å². The molecule has 7 nitrogen and oxygen atoms in total. The van der Waals surface area contributed by atoms with E-state index in [4.69, 9.17) is 5.26 Å². The van der Waals surface area contributed by atoms with Gasteiger partial charge >= 0.3 is 0 Å². The largest absolute Gasteiger partial charge is 0.354 e. The molecule has 7 heteroatoms. The summed E-state index contributed by atoms with van der Waals surface area (Å²) in [7, 11) is 0. The Morgan fingerprint density at radius 2 is 2.22 bits per heavy atom. The van der Waals surface area contributed by atoms with E-state index in [1.165, 1.54) is 0 Å². The third-order valence-electron chi connectivity index (χ3n) is 4.44. The fourth-order valence-electron chi connectivity index (χ4n) is 3.25. The standard InChI is InChI=1S/C20H24N6O/c1-3-5-16-11-19(26-9-8-18(13-26)22-14(2)27)25-20(23-16)24-17-7-4-6-15(10-17)12-21/h4,6-7,10-11,18H,3,5,8-9,13H2,1-2H3,(H,22,27)(H,23,24,25). The molecule has 0 aliphatic carbocycles. The van der Waals surface area contributed by atoms with Crippen LogP contribution in [0.2, 0.25) is 0 Å². The summed E-state index contributed by atoms with van der Waals surface area (Å²) in [6, 6.07) is 11.6.